The number of benzene rings is 1. The van der Waals surface area contributed by atoms with Gasteiger partial charge in [-0.15, -0.1) is 0 Å². The Labute approximate surface area is 126 Å². The van der Waals surface area contributed by atoms with E-state index in [4.69, 9.17) is 0 Å². The van der Waals surface area contributed by atoms with Gasteiger partial charge in [0.15, 0.2) is 0 Å². The second kappa shape index (κ2) is 6.95. The van der Waals surface area contributed by atoms with Crippen LogP contribution < -0.4 is 10.6 Å². The fraction of sp³-hybridized carbons (Fsp3) is 0.571. The van der Waals surface area contributed by atoms with Crippen LogP contribution in [0.2, 0.25) is 0 Å². The van der Waals surface area contributed by atoms with Gasteiger partial charge in [0.2, 0.25) is 0 Å². The molecule has 0 atom stereocenters. The van der Waals surface area contributed by atoms with Gasteiger partial charge in [-0.1, -0.05) is 0 Å². The van der Waals surface area contributed by atoms with Crippen molar-refractivity contribution in [3.05, 3.63) is 33.9 Å². The quantitative estimate of drug-likeness (QED) is 0.645. The molecule has 122 valence electrons. The summed E-state index contributed by atoms with van der Waals surface area (Å²) < 4.78 is 37.8. The summed E-state index contributed by atoms with van der Waals surface area (Å²) in [6, 6.07) is 2.57. The van der Waals surface area contributed by atoms with Crippen LogP contribution in [0.4, 0.5) is 24.5 Å². The van der Waals surface area contributed by atoms with Crippen molar-refractivity contribution >= 4 is 11.4 Å². The molecular weight excluding hydrogens is 299 g/mol. The van der Waals surface area contributed by atoms with Gasteiger partial charge in [0, 0.05) is 12.6 Å². The zero-order valence-corrected chi connectivity index (χ0v) is 11.9. The summed E-state index contributed by atoms with van der Waals surface area (Å²) in [5.74, 6) is 0.544. The van der Waals surface area contributed by atoms with Crippen LogP contribution in [0.3, 0.4) is 0 Å². The van der Waals surface area contributed by atoms with E-state index in [1.165, 1.54) is 0 Å². The van der Waals surface area contributed by atoms with Crippen LogP contribution >= 0.6 is 0 Å². The van der Waals surface area contributed by atoms with Crippen molar-refractivity contribution in [3.8, 4) is 0 Å². The Morgan fingerprint density at radius 1 is 1.32 bits per heavy atom. The van der Waals surface area contributed by atoms with E-state index >= 15 is 0 Å². The third-order valence-electron chi connectivity index (χ3n) is 3.85. The van der Waals surface area contributed by atoms with Crippen molar-refractivity contribution in [2.24, 2.45) is 5.92 Å². The summed E-state index contributed by atoms with van der Waals surface area (Å²) >= 11 is 0. The first-order valence-electron chi connectivity index (χ1n) is 7.18. The maximum Gasteiger partial charge on any atom is 0.416 e. The summed E-state index contributed by atoms with van der Waals surface area (Å²) in [5.41, 5.74) is -1.42. The Morgan fingerprint density at radius 2 is 2.00 bits per heavy atom. The molecule has 0 radical (unpaired) electrons. The first-order chi connectivity index (χ1) is 10.4. The molecule has 5 nitrogen and oxygen atoms in total. The van der Waals surface area contributed by atoms with E-state index in [-0.39, 0.29) is 5.69 Å². The molecule has 0 aliphatic carbocycles. The molecule has 0 unspecified atom stereocenters. The Kier molecular flexibility index (Phi) is 5.23. The summed E-state index contributed by atoms with van der Waals surface area (Å²) in [5, 5.41) is 17.1. The van der Waals surface area contributed by atoms with Crippen molar-refractivity contribution in [2.75, 3.05) is 25.0 Å². The van der Waals surface area contributed by atoms with E-state index in [1.807, 2.05) is 0 Å². The highest BCUT2D eigenvalue weighted by atomic mass is 19.4. The third kappa shape index (κ3) is 4.33. The molecule has 0 spiro atoms. The molecule has 2 N–H and O–H groups in total. The van der Waals surface area contributed by atoms with Gasteiger partial charge in [-0.25, -0.2) is 0 Å². The summed E-state index contributed by atoms with van der Waals surface area (Å²) in [4.78, 5) is 10.2. The van der Waals surface area contributed by atoms with E-state index < -0.39 is 22.4 Å². The SMILES string of the molecule is O=[N+]([O-])c1cc(C(F)(F)F)ccc1NCCC1CCNCC1. The standard InChI is InChI=1S/C14H18F3N3O2/c15-14(16,17)11-1-2-12(13(9-11)20(21)22)19-8-5-10-3-6-18-7-4-10/h1-2,9-10,18-19H,3-8H2. The number of piperidine rings is 1. The number of nitro groups is 1. The van der Waals surface area contributed by atoms with Crippen LogP contribution in [0, 0.1) is 16.0 Å². The molecule has 1 aliphatic heterocycles. The average molecular weight is 317 g/mol. The molecule has 1 aromatic rings. The number of nitrogens with zero attached hydrogens (tertiary/aromatic N) is 1. The van der Waals surface area contributed by atoms with Gasteiger partial charge in [-0.3, -0.25) is 10.1 Å². The zero-order chi connectivity index (χ0) is 16.2. The Balaban J connectivity index is 2.01. The lowest BCUT2D eigenvalue weighted by atomic mass is 9.95. The minimum atomic E-state index is -4.58. The van der Waals surface area contributed by atoms with E-state index in [9.17, 15) is 23.3 Å². The maximum atomic E-state index is 12.6. The highest BCUT2D eigenvalue weighted by molar-refractivity contribution is 5.62. The first kappa shape index (κ1) is 16.5. The maximum absolute atomic E-state index is 12.6. The second-order valence-corrected chi connectivity index (χ2v) is 5.40. The number of nitrogens with one attached hydrogen (secondary N) is 2. The Hall–Kier alpha value is -1.83. The van der Waals surface area contributed by atoms with Crippen molar-refractivity contribution in [3.63, 3.8) is 0 Å². The molecule has 1 aromatic carbocycles. The molecule has 1 fully saturated rings. The number of rotatable bonds is 5. The Morgan fingerprint density at radius 3 is 2.59 bits per heavy atom. The number of hydrogen-bond donors (Lipinski definition) is 2. The van der Waals surface area contributed by atoms with E-state index in [1.54, 1.807) is 0 Å². The lowest BCUT2D eigenvalue weighted by Gasteiger charge is -2.22. The smallest absolute Gasteiger partial charge is 0.379 e. The largest absolute Gasteiger partial charge is 0.416 e. The summed E-state index contributed by atoms with van der Waals surface area (Å²) in [6.07, 6.45) is -1.63. The lowest BCUT2D eigenvalue weighted by molar-refractivity contribution is -0.384. The fourth-order valence-electron chi connectivity index (χ4n) is 2.59. The Bertz CT molecular complexity index is 529. The second-order valence-electron chi connectivity index (χ2n) is 5.40. The summed E-state index contributed by atoms with van der Waals surface area (Å²) in [7, 11) is 0. The molecule has 0 amide bonds. The monoisotopic (exact) mass is 317 g/mol. The molecule has 8 heteroatoms. The number of alkyl halides is 3. The average Bonchev–Trinajstić information content (AvgIpc) is 2.47. The van der Waals surface area contributed by atoms with Gasteiger partial charge in [0.1, 0.15) is 5.69 Å². The highest BCUT2D eigenvalue weighted by Crippen LogP contribution is 2.35. The van der Waals surface area contributed by atoms with Crippen LogP contribution in [0.5, 0.6) is 0 Å². The predicted octanol–water partition coefficient (Wildman–Crippen LogP) is 3.42. The molecule has 0 aromatic heterocycles. The molecule has 0 bridgehead atoms. The van der Waals surface area contributed by atoms with E-state index in [0.29, 0.717) is 18.5 Å². The number of halogens is 3. The first-order valence-corrected chi connectivity index (χ1v) is 7.18. The van der Waals surface area contributed by atoms with E-state index in [2.05, 4.69) is 10.6 Å². The zero-order valence-electron chi connectivity index (χ0n) is 11.9. The van der Waals surface area contributed by atoms with Gasteiger partial charge < -0.3 is 10.6 Å². The molecule has 0 saturated carbocycles. The number of anilines is 1. The molecule has 1 heterocycles. The van der Waals surface area contributed by atoms with Gasteiger partial charge >= 0.3 is 6.18 Å². The lowest BCUT2D eigenvalue weighted by Crippen LogP contribution is -2.28. The van der Waals surface area contributed by atoms with Crippen LogP contribution in [0.15, 0.2) is 18.2 Å². The number of nitro benzene ring substituents is 1. The molecule has 22 heavy (non-hydrogen) atoms. The van der Waals surface area contributed by atoms with Gasteiger partial charge in [0.05, 0.1) is 10.5 Å². The minimum Gasteiger partial charge on any atom is -0.379 e. The van der Waals surface area contributed by atoms with E-state index in [0.717, 1.165) is 44.5 Å². The van der Waals surface area contributed by atoms with Gasteiger partial charge in [-0.05, 0) is 50.4 Å². The van der Waals surface area contributed by atoms with Crippen LogP contribution in [0.25, 0.3) is 0 Å². The normalized spacial score (nSPS) is 16.5. The number of hydrogen-bond acceptors (Lipinski definition) is 4. The molecule has 1 saturated heterocycles. The molecule has 1 aliphatic rings. The highest BCUT2D eigenvalue weighted by Gasteiger charge is 2.33. The topological polar surface area (TPSA) is 67.2 Å². The van der Waals surface area contributed by atoms with Crippen molar-refractivity contribution < 1.29 is 18.1 Å². The molecule has 2 rings (SSSR count). The van der Waals surface area contributed by atoms with Gasteiger partial charge in [-0.2, -0.15) is 13.2 Å². The van der Waals surface area contributed by atoms with Crippen molar-refractivity contribution in [2.45, 2.75) is 25.4 Å². The van der Waals surface area contributed by atoms with Crippen LogP contribution in [-0.4, -0.2) is 24.6 Å². The molecular formula is C14H18F3N3O2. The van der Waals surface area contributed by atoms with Crippen molar-refractivity contribution in [1.82, 2.24) is 5.32 Å². The third-order valence-corrected chi connectivity index (χ3v) is 3.85. The fourth-order valence-corrected chi connectivity index (χ4v) is 2.59. The van der Waals surface area contributed by atoms with Gasteiger partial charge in [0.25, 0.3) is 5.69 Å². The minimum absolute atomic E-state index is 0.131. The predicted molar refractivity (Wildman–Crippen MR) is 76.8 cm³/mol. The van der Waals surface area contributed by atoms with Crippen LogP contribution in [-0.2, 0) is 6.18 Å². The van der Waals surface area contributed by atoms with Crippen LogP contribution in [0.1, 0.15) is 24.8 Å². The summed E-state index contributed by atoms with van der Waals surface area (Å²) in [6.45, 7) is 2.44. The van der Waals surface area contributed by atoms with Crippen molar-refractivity contribution in [1.29, 1.82) is 0 Å².